The molecule has 0 aliphatic rings. The van der Waals surface area contributed by atoms with Crippen LogP contribution in [-0.2, 0) is 0 Å². The highest BCUT2D eigenvalue weighted by atomic mass is 32.1. The second kappa shape index (κ2) is 15.1. The van der Waals surface area contributed by atoms with Crippen LogP contribution in [0.25, 0.3) is 68.0 Å². The number of allylic oxidation sites excluding steroid dienone is 2. The molecule has 3 aromatic carbocycles. The Morgan fingerprint density at radius 2 is 1.33 bits per heavy atom. The van der Waals surface area contributed by atoms with E-state index in [2.05, 4.69) is 42.5 Å². The van der Waals surface area contributed by atoms with Crippen LogP contribution in [0.5, 0.6) is 0 Å². The molecule has 0 unspecified atom stereocenters. The van der Waals surface area contributed by atoms with Crippen molar-refractivity contribution in [1.29, 1.82) is 10.5 Å². The molecule has 51 heavy (non-hydrogen) atoms. The fourth-order valence-corrected chi connectivity index (χ4v) is 6.58. The van der Waals surface area contributed by atoms with Crippen LogP contribution in [0.4, 0.5) is 0 Å². The van der Waals surface area contributed by atoms with Gasteiger partial charge in [-0.2, -0.15) is 20.7 Å². The summed E-state index contributed by atoms with van der Waals surface area (Å²) in [6, 6.07) is 33.1. The second-order valence-corrected chi connectivity index (χ2v) is 12.6. The first-order valence-electron chi connectivity index (χ1n) is 15.4. The van der Waals surface area contributed by atoms with Crippen molar-refractivity contribution in [3.05, 3.63) is 152 Å². The molecule has 8 aromatic rings. The summed E-state index contributed by atoms with van der Waals surface area (Å²) in [5, 5.41) is 38.8. The Hall–Kier alpha value is -6.99. The molecule has 5 aromatic heterocycles. The molecule has 0 radical (unpaired) electrons. The lowest BCUT2D eigenvalue weighted by Gasteiger charge is -2.00. The van der Waals surface area contributed by atoms with Crippen molar-refractivity contribution in [1.82, 2.24) is 30.4 Å². The Bertz CT molecular complexity index is 2640. The number of para-hydroxylation sites is 1. The van der Waals surface area contributed by atoms with Gasteiger partial charge in [-0.05, 0) is 24.3 Å². The van der Waals surface area contributed by atoms with Crippen LogP contribution >= 0.6 is 22.7 Å². The molecule has 0 atom stereocenters. The van der Waals surface area contributed by atoms with Gasteiger partial charge in [0.2, 0.25) is 0 Å². The number of thiazole rings is 2. The summed E-state index contributed by atoms with van der Waals surface area (Å²) in [7, 11) is 0. The van der Waals surface area contributed by atoms with Gasteiger partial charge in [0.15, 0.2) is 0 Å². The summed E-state index contributed by atoms with van der Waals surface area (Å²) < 4.78 is 5.41. The van der Waals surface area contributed by atoms with Crippen molar-refractivity contribution >= 4 is 56.9 Å². The highest BCUT2D eigenvalue weighted by molar-refractivity contribution is 7.11. The largest absolute Gasteiger partial charge is 0.422 e. The summed E-state index contributed by atoms with van der Waals surface area (Å²) in [6.07, 6.45) is 8.64. The molecule has 0 aliphatic carbocycles. The van der Waals surface area contributed by atoms with Gasteiger partial charge in [0.25, 0.3) is 0 Å². The summed E-state index contributed by atoms with van der Waals surface area (Å²) in [4.78, 5) is 21.2. The minimum atomic E-state index is -0.459. The average Bonchev–Trinajstić information content (AvgIpc) is 4.02. The first-order chi connectivity index (χ1) is 25.1. The van der Waals surface area contributed by atoms with Crippen LogP contribution in [-0.4, -0.2) is 30.4 Å². The maximum atomic E-state index is 12.4. The zero-order chi connectivity index (χ0) is 35.0. The van der Waals surface area contributed by atoms with Gasteiger partial charge in [0.05, 0.1) is 46.2 Å². The van der Waals surface area contributed by atoms with Gasteiger partial charge in [0.1, 0.15) is 27.7 Å². The van der Waals surface area contributed by atoms with Crippen LogP contribution < -0.4 is 5.63 Å². The van der Waals surface area contributed by atoms with E-state index in [1.54, 1.807) is 42.2 Å². The summed E-state index contributed by atoms with van der Waals surface area (Å²) in [5.74, 6) is 0. The van der Waals surface area contributed by atoms with E-state index < -0.39 is 5.63 Å². The van der Waals surface area contributed by atoms with Crippen molar-refractivity contribution in [2.24, 2.45) is 0 Å². The number of aromatic amines is 2. The topological polar surface area (TPSA) is 161 Å². The number of benzene rings is 3. The minimum absolute atomic E-state index is 0.367. The Kier molecular flexibility index (Phi) is 9.61. The highest BCUT2D eigenvalue weighted by Crippen LogP contribution is 2.30. The van der Waals surface area contributed by atoms with E-state index in [1.807, 2.05) is 90.3 Å². The van der Waals surface area contributed by atoms with Crippen molar-refractivity contribution in [2.75, 3.05) is 0 Å². The molecule has 0 saturated heterocycles. The van der Waals surface area contributed by atoms with Crippen LogP contribution in [0, 0.1) is 22.7 Å². The van der Waals surface area contributed by atoms with Crippen LogP contribution in [0.15, 0.2) is 130 Å². The first-order valence-corrected chi connectivity index (χ1v) is 17.2. The van der Waals surface area contributed by atoms with E-state index in [0.717, 1.165) is 39.0 Å². The lowest BCUT2D eigenvalue weighted by atomic mass is 10.1. The number of hydrogen-bond acceptors (Lipinski definition) is 10. The van der Waals surface area contributed by atoms with Gasteiger partial charge >= 0.3 is 5.63 Å². The molecule has 0 amide bonds. The second-order valence-electron chi connectivity index (χ2n) is 10.8. The summed E-state index contributed by atoms with van der Waals surface area (Å²) in [6.45, 7) is 0. The predicted octanol–water partition coefficient (Wildman–Crippen LogP) is 8.97. The molecule has 8 rings (SSSR count). The molecule has 0 saturated carbocycles. The van der Waals surface area contributed by atoms with Gasteiger partial charge in [-0.1, -0.05) is 78.9 Å². The number of rotatable bonds is 7. The minimum Gasteiger partial charge on any atom is -0.422 e. The van der Waals surface area contributed by atoms with E-state index in [-0.39, 0.29) is 0 Å². The summed E-state index contributed by atoms with van der Waals surface area (Å²) in [5.41, 5.74) is 7.23. The number of nitrogens with one attached hydrogen (secondary N) is 2. The normalized spacial score (nSPS) is 11.4. The van der Waals surface area contributed by atoms with Crippen LogP contribution in [0.1, 0.15) is 21.1 Å². The molecular formula is C39H24N8O2S2. The molecule has 12 heteroatoms. The number of fused-ring (bicyclic) bond motifs is 1. The number of aromatic nitrogens is 6. The summed E-state index contributed by atoms with van der Waals surface area (Å²) >= 11 is 2.75. The van der Waals surface area contributed by atoms with Crippen molar-refractivity contribution in [2.45, 2.75) is 0 Å². The van der Waals surface area contributed by atoms with Gasteiger partial charge in [-0.25, -0.2) is 14.8 Å². The average molecular weight is 701 g/mol. The maximum absolute atomic E-state index is 12.4. The van der Waals surface area contributed by atoms with Crippen LogP contribution in [0.2, 0.25) is 0 Å². The van der Waals surface area contributed by atoms with Gasteiger partial charge in [0, 0.05) is 44.6 Å². The number of H-pyrrole nitrogens is 2. The molecule has 0 bridgehead atoms. The third kappa shape index (κ3) is 7.23. The zero-order valence-corrected chi connectivity index (χ0v) is 28.2. The standard InChI is InChI=1S/C24H14N4O2S.C15H10N4S/c25-12-17(10-18-13-26-28-22(18)15-6-2-1-3-7-15)23-27-20(14-31-23)19-11-16-8-4-5-9-21(16)30-24(19)29;16-9-12(15-17-6-7-20-15)8-13-10-18-19-14(13)11-4-2-1-3-5-11/h1-11,13-14H,(H,26,28);1-8,10H,(H,18,19)/b17-10+;12-8+. The van der Waals surface area contributed by atoms with Crippen molar-refractivity contribution < 1.29 is 4.42 Å². The van der Waals surface area contributed by atoms with Crippen molar-refractivity contribution in [3.8, 4) is 45.9 Å². The monoisotopic (exact) mass is 700 g/mol. The number of nitriles is 2. The number of nitrogens with zero attached hydrogens (tertiary/aromatic N) is 6. The van der Waals surface area contributed by atoms with Crippen LogP contribution in [0.3, 0.4) is 0 Å². The molecule has 0 aliphatic heterocycles. The fourth-order valence-electron chi connectivity index (χ4n) is 5.19. The molecular weight excluding hydrogens is 677 g/mol. The van der Waals surface area contributed by atoms with E-state index in [0.29, 0.717) is 38.0 Å². The Balaban J connectivity index is 0.000000175. The Morgan fingerprint density at radius 3 is 1.92 bits per heavy atom. The molecule has 2 N–H and O–H groups in total. The predicted molar refractivity (Wildman–Crippen MR) is 201 cm³/mol. The lowest BCUT2D eigenvalue weighted by Crippen LogP contribution is -2.02. The van der Waals surface area contributed by atoms with Crippen molar-refractivity contribution in [3.63, 3.8) is 0 Å². The molecule has 244 valence electrons. The quantitative estimate of drug-likeness (QED) is 0.123. The lowest BCUT2D eigenvalue weighted by molar-refractivity contribution is 0.563. The fraction of sp³-hybridized carbons (Fsp3) is 0. The van der Waals surface area contributed by atoms with E-state index in [4.69, 9.17) is 4.42 Å². The smallest absolute Gasteiger partial charge is 0.345 e. The Labute approximate surface area is 299 Å². The highest BCUT2D eigenvalue weighted by Gasteiger charge is 2.15. The zero-order valence-electron chi connectivity index (χ0n) is 26.5. The SMILES string of the molecule is N#C/C(=C\c1cn[nH]c1-c1ccccc1)c1nc(-c2cc3ccccc3oc2=O)cs1.N#C/C(=C\c1cn[nH]c1-c1ccccc1)c1nccs1. The van der Waals surface area contributed by atoms with E-state index in [9.17, 15) is 15.3 Å². The molecule has 0 fully saturated rings. The molecule has 5 heterocycles. The molecule has 10 nitrogen and oxygen atoms in total. The number of hydrogen-bond donors (Lipinski definition) is 2. The maximum Gasteiger partial charge on any atom is 0.345 e. The van der Waals surface area contributed by atoms with E-state index in [1.165, 1.54) is 22.7 Å². The first kappa shape index (κ1) is 32.6. The van der Waals surface area contributed by atoms with Gasteiger partial charge in [-0.15, -0.1) is 22.7 Å². The van der Waals surface area contributed by atoms with E-state index >= 15 is 0 Å². The molecule has 0 spiro atoms. The van der Waals surface area contributed by atoms with Gasteiger partial charge in [-0.3, -0.25) is 10.2 Å². The Morgan fingerprint density at radius 1 is 0.745 bits per heavy atom. The third-order valence-electron chi connectivity index (χ3n) is 7.62. The van der Waals surface area contributed by atoms with Gasteiger partial charge < -0.3 is 4.42 Å². The third-order valence-corrected chi connectivity index (χ3v) is 9.30.